The maximum absolute atomic E-state index is 10.7. The van der Waals surface area contributed by atoms with E-state index in [0.717, 1.165) is 18.9 Å². The molecule has 0 spiro atoms. The minimum atomic E-state index is -0.864. The van der Waals surface area contributed by atoms with Gasteiger partial charge in [-0.15, -0.1) is 0 Å². The van der Waals surface area contributed by atoms with Crippen molar-refractivity contribution in [3.8, 4) is 0 Å². The fourth-order valence-electron chi connectivity index (χ4n) is 2.22. The van der Waals surface area contributed by atoms with Crippen molar-refractivity contribution in [3.63, 3.8) is 0 Å². The summed E-state index contributed by atoms with van der Waals surface area (Å²) >= 11 is 0. The highest BCUT2D eigenvalue weighted by Gasteiger charge is 2.19. The summed E-state index contributed by atoms with van der Waals surface area (Å²) in [7, 11) is 0. The molecule has 0 aliphatic carbocycles. The molecule has 1 aliphatic heterocycles. The third-order valence-electron chi connectivity index (χ3n) is 3.23. The second-order valence-corrected chi connectivity index (χ2v) is 4.56. The van der Waals surface area contributed by atoms with Gasteiger partial charge in [0.1, 0.15) is 0 Å². The molecular weight excluding hydrogens is 202 g/mol. The van der Waals surface area contributed by atoms with Gasteiger partial charge in [-0.2, -0.15) is 0 Å². The smallest absolute Gasteiger partial charge is 0.335 e. The zero-order chi connectivity index (χ0) is 11.5. The summed E-state index contributed by atoms with van der Waals surface area (Å²) in [5, 5.41) is 12.3. The summed E-state index contributed by atoms with van der Waals surface area (Å²) in [5.74, 6) is -0.123. The van der Waals surface area contributed by atoms with Crippen LogP contribution in [0.2, 0.25) is 0 Å². The molecule has 2 rings (SSSR count). The van der Waals surface area contributed by atoms with Crippen LogP contribution in [0.3, 0.4) is 0 Å². The number of carboxylic acids is 1. The Kier molecular flexibility index (Phi) is 3.25. The molecule has 2 unspecified atom stereocenters. The molecular formula is C13H17NO2. The molecule has 3 heteroatoms. The maximum atomic E-state index is 10.7. The van der Waals surface area contributed by atoms with Crippen LogP contribution in [0.4, 0.5) is 0 Å². The van der Waals surface area contributed by atoms with Crippen molar-refractivity contribution in [1.29, 1.82) is 0 Å². The van der Waals surface area contributed by atoms with Crippen LogP contribution in [0.1, 0.15) is 41.7 Å². The Morgan fingerprint density at radius 3 is 2.62 bits per heavy atom. The van der Waals surface area contributed by atoms with E-state index in [1.54, 1.807) is 12.1 Å². The zero-order valence-corrected chi connectivity index (χ0v) is 9.44. The molecule has 0 amide bonds. The molecule has 0 aromatic heterocycles. The Morgan fingerprint density at radius 1 is 1.38 bits per heavy atom. The minimum Gasteiger partial charge on any atom is -0.478 e. The van der Waals surface area contributed by atoms with Crippen molar-refractivity contribution in [2.24, 2.45) is 5.92 Å². The van der Waals surface area contributed by atoms with Crippen molar-refractivity contribution in [2.75, 3.05) is 6.54 Å². The van der Waals surface area contributed by atoms with Crippen LogP contribution in [0, 0.1) is 5.92 Å². The van der Waals surface area contributed by atoms with Gasteiger partial charge in [0.25, 0.3) is 0 Å². The quantitative estimate of drug-likeness (QED) is 0.803. The number of rotatable bonds is 2. The molecule has 0 saturated carbocycles. The van der Waals surface area contributed by atoms with Gasteiger partial charge in [-0.25, -0.2) is 4.79 Å². The molecule has 1 aromatic rings. The highest BCUT2D eigenvalue weighted by molar-refractivity contribution is 5.87. The number of piperidine rings is 1. The van der Waals surface area contributed by atoms with Crippen LogP contribution in [-0.4, -0.2) is 17.6 Å². The van der Waals surface area contributed by atoms with Crippen LogP contribution in [0.15, 0.2) is 24.3 Å². The molecule has 2 atom stereocenters. The Hall–Kier alpha value is -1.35. The summed E-state index contributed by atoms with van der Waals surface area (Å²) in [6.07, 6.45) is 2.36. The monoisotopic (exact) mass is 219 g/mol. The van der Waals surface area contributed by atoms with E-state index in [1.165, 1.54) is 12.0 Å². The molecule has 1 saturated heterocycles. The van der Waals surface area contributed by atoms with Crippen molar-refractivity contribution in [1.82, 2.24) is 5.32 Å². The summed E-state index contributed by atoms with van der Waals surface area (Å²) in [5.41, 5.74) is 1.55. The molecule has 16 heavy (non-hydrogen) atoms. The largest absolute Gasteiger partial charge is 0.478 e. The van der Waals surface area contributed by atoms with E-state index in [1.807, 2.05) is 12.1 Å². The topological polar surface area (TPSA) is 49.3 Å². The lowest BCUT2D eigenvalue weighted by Gasteiger charge is -2.28. The number of nitrogens with one attached hydrogen (secondary N) is 1. The van der Waals surface area contributed by atoms with Gasteiger partial charge in [0, 0.05) is 6.04 Å². The van der Waals surface area contributed by atoms with Gasteiger partial charge in [-0.3, -0.25) is 0 Å². The molecule has 1 fully saturated rings. The highest BCUT2D eigenvalue weighted by atomic mass is 16.4. The first-order valence-electron chi connectivity index (χ1n) is 5.73. The predicted molar refractivity (Wildman–Crippen MR) is 62.5 cm³/mol. The van der Waals surface area contributed by atoms with Gasteiger partial charge in [0.2, 0.25) is 0 Å². The number of hydrogen-bond donors (Lipinski definition) is 2. The van der Waals surface area contributed by atoms with Gasteiger partial charge in [0.15, 0.2) is 0 Å². The average Bonchev–Trinajstić information content (AvgIpc) is 2.29. The number of aromatic carboxylic acids is 1. The Balaban J connectivity index is 2.11. The van der Waals surface area contributed by atoms with E-state index in [2.05, 4.69) is 12.2 Å². The lowest BCUT2D eigenvalue weighted by molar-refractivity contribution is 0.0697. The van der Waals surface area contributed by atoms with Gasteiger partial charge in [0.05, 0.1) is 5.56 Å². The lowest BCUT2D eigenvalue weighted by atomic mass is 9.90. The number of hydrogen-bond acceptors (Lipinski definition) is 2. The SMILES string of the molecule is CC1CCNC(c2ccc(C(=O)O)cc2)C1. The van der Waals surface area contributed by atoms with Crippen molar-refractivity contribution >= 4 is 5.97 Å². The second kappa shape index (κ2) is 4.66. The molecule has 3 nitrogen and oxygen atoms in total. The number of carboxylic acid groups (broad SMARTS) is 1. The van der Waals surface area contributed by atoms with Crippen molar-refractivity contribution in [3.05, 3.63) is 35.4 Å². The van der Waals surface area contributed by atoms with Crippen LogP contribution >= 0.6 is 0 Å². The molecule has 0 bridgehead atoms. The van der Waals surface area contributed by atoms with E-state index in [0.29, 0.717) is 11.6 Å². The van der Waals surface area contributed by atoms with Crippen LogP contribution in [0.25, 0.3) is 0 Å². The summed E-state index contributed by atoms with van der Waals surface area (Å²) < 4.78 is 0. The van der Waals surface area contributed by atoms with E-state index in [9.17, 15) is 4.79 Å². The predicted octanol–water partition coefficient (Wildman–Crippen LogP) is 2.45. The first kappa shape index (κ1) is 11.1. The number of benzene rings is 1. The first-order valence-corrected chi connectivity index (χ1v) is 5.73. The van der Waals surface area contributed by atoms with Crippen LogP contribution in [-0.2, 0) is 0 Å². The van der Waals surface area contributed by atoms with E-state index >= 15 is 0 Å². The van der Waals surface area contributed by atoms with Gasteiger partial charge in [-0.1, -0.05) is 19.1 Å². The molecule has 2 N–H and O–H groups in total. The average molecular weight is 219 g/mol. The summed E-state index contributed by atoms with van der Waals surface area (Å²) in [6, 6.07) is 7.57. The summed E-state index contributed by atoms with van der Waals surface area (Å²) in [6.45, 7) is 3.31. The molecule has 1 heterocycles. The van der Waals surface area contributed by atoms with E-state index in [-0.39, 0.29) is 0 Å². The Bertz CT molecular complexity index is 372. The fourth-order valence-corrected chi connectivity index (χ4v) is 2.22. The van der Waals surface area contributed by atoms with E-state index < -0.39 is 5.97 Å². The molecule has 1 aliphatic rings. The normalized spacial score (nSPS) is 25.3. The van der Waals surface area contributed by atoms with Gasteiger partial charge >= 0.3 is 5.97 Å². The fraction of sp³-hybridized carbons (Fsp3) is 0.462. The van der Waals surface area contributed by atoms with Crippen LogP contribution in [0.5, 0.6) is 0 Å². The van der Waals surface area contributed by atoms with Crippen LogP contribution < -0.4 is 5.32 Å². The van der Waals surface area contributed by atoms with Crippen molar-refractivity contribution < 1.29 is 9.90 Å². The first-order chi connectivity index (χ1) is 7.66. The Morgan fingerprint density at radius 2 is 2.06 bits per heavy atom. The van der Waals surface area contributed by atoms with E-state index in [4.69, 9.17) is 5.11 Å². The number of carbonyl (C=O) groups is 1. The third-order valence-corrected chi connectivity index (χ3v) is 3.23. The summed E-state index contributed by atoms with van der Waals surface area (Å²) in [4.78, 5) is 10.7. The lowest BCUT2D eigenvalue weighted by Crippen LogP contribution is -2.30. The molecule has 1 aromatic carbocycles. The second-order valence-electron chi connectivity index (χ2n) is 4.56. The van der Waals surface area contributed by atoms with Gasteiger partial charge in [-0.05, 0) is 43.0 Å². The van der Waals surface area contributed by atoms with Crippen molar-refractivity contribution in [2.45, 2.75) is 25.8 Å². The highest BCUT2D eigenvalue weighted by Crippen LogP contribution is 2.26. The van der Waals surface area contributed by atoms with Gasteiger partial charge < -0.3 is 10.4 Å². The Labute approximate surface area is 95.5 Å². The third kappa shape index (κ3) is 2.42. The minimum absolute atomic E-state index is 0.354. The molecule has 86 valence electrons. The molecule has 0 radical (unpaired) electrons. The standard InChI is InChI=1S/C13H17NO2/c1-9-6-7-14-12(8-9)10-2-4-11(5-3-10)13(15)16/h2-5,9,12,14H,6-8H2,1H3,(H,15,16). The maximum Gasteiger partial charge on any atom is 0.335 e. The zero-order valence-electron chi connectivity index (χ0n) is 9.44.